The molecule has 6 nitrogen and oxygen atoms in total. The molecule has 0 N–H and O–H groups in total. The molecule has 0 amide bonds. The first-order valence-electron chi connectivity index (χ1n) is 4.59. The number of benzene rings is 1. The third-order valence-corrected chi connectivity index (χ3v) is 1.89. The number of nitro groups is 1. The quantitative estimate of drug-likeness (QED) is 0.258. The van der Waals surface area contributed by atoms with Crippen LogP contribution in [0.3, 0.4) is 0 Å². The zero-order valence-electron chi connectivity index (χ0n) is 8.95. The van der Waals surface area contributed by atoms with Gasteiger partial charge in [0.25, 0.3) is 11.5 Å². The maximum Gasteiger partial charge on any atom is 0.378 e. The highest BCUT2D eigenvalue weighted by Crippen LogP contribution is 2.14. The van der Waals surface area contributed by atoms with Crippen LogP contribution in [0.2, 0.25) is 0 Å². The van der Waals surface area contributed by atoms with Gasteiger partial charge >= 0.3 is 5.97 Å². The topological polar surface area (TPSA) is 86.5 Å². The van der Waals surface area contributed by atoms with E-state index in [4.69, 9.17) is 0 Å². The lowest BCUT2D eigenvalue weighted by atomic mass is 10.2. The van der Waals surface area contributed by atoms with Crippen molar-refractivity contribution in [2.75, 3.05) is 7.11 Å². The lowest BCUT2D eigenvalue weighted by molar-refractivity contribution is -0.384. The molecule has 0 unspecified atom stereocenters. The van der Waals surface area contributed by atoms with Crippen molar-refractivity contribution in [3.8, 4) is 0 Å². The summed E-state index contributed by atoms with van der Waals surface area (Å²) >= 11 is 0. The molecule has 0 aliphatic rings. The summed E-state index contributed by atoms with van der Waals surface area (Å²) in [5.41, 5.74) is 0.370. The molecule has 1 rings (SSSR count). The molecule has 0 fully saturated rings. The fourth-order valence-corrected chi connectivity index (χ4v) is 1.08. The van der Waals surface area contributed by atoms with Crippen molar-refractivity contribution < 1.29 is 19.2 Å². The molecule has 0 bridgehead atoms. The maximum absolute atomic E-state index is 11.1. The van der Waals surface area contributed by atoms with Crippen molar-refractivity contribution >= 4 is 23.5 Å². The lowest BCUT2D eigenvalue weighted by Crippen LogP contribution is -2.12. The summed E-state index contributed by atoms with van der Waals surface area (Å²) in [5, 5.41) is 10.5. The predicted molar refractivity (Wildman–Crippen MR) is 59.2 cm³/mol. The van der Waals surface area contributed by atoms with E-state index in [1.807, 2.05) is 0 Å². The van der Waals surface area contributed by atoms with E-state index in [0.717, 1.165) is 13.2 Å². The zero-order valence-corrected chi connectivity index (χ0v) is 8.95. The standard InChI is InChI=1S/C11H9NO5/c1-17-11(14)10(13)6-5-8-3-2-4-9(7-8)12(15)16/h2-7H,1H3. The SMILES string of the molecule is COC(=O)C(=O)C=Cc1cccc([N+](=O)[O-])c1. The van der Waals surface area contributed by atoms with Gasteiger partial charge in [0.05, 0.1) is 12.0 Å². The maximum atomic E-state index is 11.1. The molecule has 0 aliphatic heterocycles. The van der Waals surface area contributed by atoms with Gasteiger partial charge in [0.15, 0.2) is 0 Å². The molecule has 6 heteroatoms. The fraction of sp³-hybridized carbons (Fsp3) is 0.0909. The molecule has 0 aliphatic carbocycles. The first kappa shape index (κ1) is 12.6. The average Bonchev–Trinajstić information content (AvgIpc) is 2.35. The summed E-state index contributed by atoms with van der Waals surface area (Å²) in [5.74, 6) is -1.80. The van der Waals surface area contributed by atoms with Crippen molar-refractivity contribution in [3.63, 3.8) is 0 Å². The van der Waals surface area contributed by atoms with Crippen LogP contribution in [-0.4, -0.2) is 23.8 Å². The highest BCUT2D eigenvalue weighted by Gasteiger charge is 2.09. The van der Waals surface area contributed by atoms with Gasteiger partial charge in [-0.2, -0.15) is 0 Å². The van der Waals surface area contributed by atoms with Crippen molar-refractivity contribution in [1.82, 2.24) is 0 Å². The Morgan fingerprint density at radius 1 is 1.41 bits per heavy atom. The van der Waals surface area contributed by atoms with Crippen LogP contribution < -0.4 is 0 Å². The molecular formula is C11H9NO5. The Morgan fingerprint density at radius 2 is 2.12 bits per heavy atom. The summed E-state index contributed by atoms with van der Waals surface area (Å²) in [6.45, 7) is 0. The van der Waals surface area contributed by atoms with E-state index in [2.05, 4.69) is 4.74 Å². The van der Waals surface area contributed by atoms with Crippen molar-refractivity contribution in [2.24, 2.45) is 0 Å². The summed E-state index contributed by atoms with van der Waals surface area (Å²) < 4.78 is 4.21. The molecule has 0 atom stereocenters. The van der Waals surface area contributed by atoms with Gasteiger partial charge in [0.2, 0.25) is 0 Å². The Labute approximate surface area is 96.7 Å². The van der Waals surface area contributed by atoms with Gasteiger partial charge in [-0.25, -0.2) is 4.79 Å². The summed E-state index contributed by atoms with van der Waals surface area (Å²) in [4.78, 5) is 31.8. The average molecular weight is 235 g/mol. The van der Waals surface area contributed by atoms with E-state index in [1.54, 1.807) is 6.07 Å². The van der Waals surface area contributed by atoms with Gasteiger partial charge in [0.1, 0.15) is 0 Å². The number of carbonyl (C=O) groups excluding carboxylic acids is 2. The van der Waals surface area contributed by atoms with Crippen molar-refractivity contribution in [1.29, 1.82) is 0 Å². The van der Waals surface area contributed by atoms with E-state index in [0.29, 0.717) is 5.56 Å². The molecule has 88 valence electrons. The summed E-state index contributed by atoms with van der Waals surface area (Å²) in [6, 6.07) is 5.69. The van der Waals surface area contributed by atoms with Crippen LogP contribution in [0.4, 0.5) is 5.69 Å². The molecule has 1 aromatic carbocycles. The Hall–Kier alpha value is -2.50. The van der Waals surface area contributed by atoms with Crippen LogP contribution in [0.15, 0.2) is 30.3 Å². The third kappa shape index (κ3) is 3.53. The summed E-state index contributed by atoms with van der Waals surface area (Å²) in [7, 11) is 1.10. The first-order valence-corrected chi connectivity index (χ1v) is 4.59. The lowest BCUT2D eigenvalue weighted by Gasteiger charge is -1.94. The Bertz CT molecular complexity index is 492. The Morgan fingerprint density at radius 3 is 2.71 bits per heavy atom. The number of carbonyl (C=O) groups is 2. The predicted octanol–water partition coefficient (Wildman–Crippen LogP) is 1.35. The number of nitro benzene ring substituents is 1. The molecule has 0 saturated carbocycles. The number of nitrogens with zero attached hydrogens (tertiary/aromatic N) is 1. The molecular weight excluding hydrogens is 226 g/mol. The largest absolute Gasteiger partial charge is 0.463 e. The molecule has 0 saturated heterocycles. The van der Waals surface area contributed by atoms with E-state index < -0.39 is 16.7 Å². The number of hydrogen-bond acceptors (Lipinski definition) is 5. The van der Waals surface area contributed by atoms with E-state index in [1.165, 1.54) is 24.3 Å². The van der Waals surface area contributed by atoms with Gasteiger partial charge in [-0.1, -0.05) is 18.2 Å². The zero-order chi connectivity index (χ0) is 12.8. The Balaban J connectivity index is 2.85. The minimum Gasteiger partial charge on any atom is -0.463 e. The highest BCUT2D eigenvalue weighted by molar-refractivity contribution is 6.39. The number of non-ortho nitro benzene ring substituents is 1. The monoisotopic (exact) mass is 235 g/mol. The van der Waals surface area contributed by atoms with E-state index in [-0.39, 0.29) is 5.69 Å². The summed E-state index contributed by atoms with van der Waals surface area (Å²) in [6.07, 6.45) is 2.32. The third-order valence-electron chi connectivity index (χ3n) is 1.89. The number of rotatable bonds is 4. The van der Waals surface area contributed by atoms with Crippen LogP contribution >= 0.6 is 0 Å². The minimum atomic E-state index is -0.980. The van der Waals surface area contributed by atoms with Crippen LogP contribution in [0.25, 0.3) is 6.08 Å². The van der Waals surface area contributed by atoms with Gasteiger partial charge < -0.3 is 4.74 Å². The molecule has 0 heterocycles. The van der Waals surface area contributed by atoms with Crippen LogP contribution in [-0.2, 0) is 14.3 Å². The molecule has 17 heavy (non-hydrogen) atoms. The minimum absolute atomic E-state index is 0.0855. The van der Waals surface area contributed by atoms with Crippen LogP contribution in [0, 0.1) is 10.1 Å². The van der Waals surface area contributed by atoms with Crippen molar-refractivity contribution in [2.45, 2.75) is 0 Å². The number of ketones is 1. The number of hydrogen-bond donors (Lipinski definition) is 0. The second kappa shape index (κ2) is 5.55. The van der Waals surface area contributed by atoms with Crippen LogP contribution in [0.5, 0.6) is 0 Å². The number of methoxy groups -OCH3 is 1. The van der Waals surface area contributed by atoms with E-state index in [9.17, 15) is 19.7 Å². The second-order valence-corrected chi connectivity index (χ2v) is 3.04. The van der Waals surface area contributed by atoms with Crippen LogP contribution in [0.1, 0.15) is 5.56 Å². The smallest absolute Gasteiger partial charge is 0.378 e. The van der Waals surface area contributed by atoms with Crippen molar-refractivity contribution in [3.05, 3.63) is 46.0 Å². The first-order chi connectivity index (χ1) is 8.04. The molecule has 0 aromatic heterocycles. The molecule has 0 spiro atoms. The molecule has 1 aromatic rings. The highest BCUT2D eigenvalue weighted by atomic mass is 16.6. The van der Waals surface area contributed by atoms with Gasteiger partial charge in [-0.15, -0.1) is 0 Å². The van der Waals surface area contributed by atoms with Gasteiger partial charge in [-0.3, -0.25) is 14.9 Å². The Kier molecular flexibility index (Phi) is 4.10. The molecule has 0 radical (unpaired) electrons. The van der Waals surface area contributed by atoms with Gasteiger partial charge in [-0.05, 0) is 11.6 Å². The second-order valence-electron chi connectivity index (χ2n) is 3.04. The van der Waals surface area contributed by atoms with E-state index >= 15 is 0 Å². The van der Waals surface area contributed by atoms with Gasteiger partial charge in [0, 0.05) is 12.1 Å². The number of ether oxygens (including phenoxy) is 1. The number of esters is 1. The normalized spacial score (nSPS) is 10.2. The fourth-order valence-electron chi connectivity index (χ4n) is 1.08.